The van der Waals surface area contributed by atoms with Crippen molar-refractivity contribution in [3.05, 3.63) is 65.3 Å². The van der Waals surface area contributed by atoms with E-state index < -0.39 is 6.03 Å². The third-order valence-corrected chi connectivity index (χ3v) is 2.11. The van der Waals surface area contributed by atoms with Crippen molar-refractivity contribution in [2.75, 3.05) is 5.73 Å². The number of nitrogens with two attached hydrogens (primary N) is 1. The Morgan fingerprint density at radius 1 is 0.765 bits per heavy atom. The normalized spacial score (nSPS) is 11.6. The number of amides is 2. The lowest BCUT2D eigenvalue weighted by Crippen LogP contribution is -2.19. The van der Waals surface area contributed by atoms with E-state index in [9.17, 15) is 4.79 Å². The minimum Gasteiger partial charge on any atom is -0.399 e. The van der Waals surface area contributed by atoms with E-state index in [0.717, 1.165) is 5.69 Å². The first-order valence-electron chi connectivity index (χ1n) is 5.13. The van der Waals surface area contributed by atoms with Crippen LogP contribution in [0.1, 0.15) is 0 Å². The van der Waals surface area contributed by atoms with E-state index in [2.05, 4.69) is 9.98 Å². The second-order valence-corrected chi connectivity index (χ2v) is 3.41. The number of fused-ring (bicyclic) bond motifs is 1. The summed E-state index contributed by atoms with van der Waals surface area (Å²) in [5, 5.41) is 1.35. The number of hydrogen-bond acceptors (Lipinski definition) is 2. The maximum atomic E-state index is 10.6. The molecular formula is C13H11N3O. The van der Waals surface area contributed by atoms with Gasteiger partial charge in [-0.25, -0.2) is 4.79 Å². The summed E-state index contributed by atoms with van der Waals surface area (Å²) in [5.74, 6) is 0. The minimum absolute atomic E-state index is 0.402. The third kappa shape index (κ3) is 2.98. The fraction of sp³-hybridized carbons (Fsp3) is 0. The molecule has 0 saturated heterocycles. The number of para-hydroxylation sites is 3. The Balaban J connectivity index is 0.000000136. The van der Waals surface area contributed by atoms with Gasteiger partial charge in [-0.3, -0.25) is 0 Å². The zero-order valence-electron chi connectivity index (χ0n) is 9.08. The van der Waals surface area contributed by atoms with Crippen LogP contribution in [-0.2, 0) is 0 Å². The van der Waals surface area contributed by atoms with Crippen molar-refractivity contribution >= 4 is 11.7 Å². The molecule has 0 unspecified atom stereocenters. The van der Waals surface area contributed by atoms with E-state index in [-0.39, 0.29) is 0 Å². The SMILES string of the molecule is Nc1ccccc1.O=C1N=c2ccccc2=N1. The highest BCUT2D eigenvalue weighted by molar-refractivity contribution is 5.77. The molecule has 0 fully saturated rings. The van der Waals surface area contributed by atoms with Crippen LogP contribution in [0, 0.1) is 0 Å². The molecule has 1 aliphatic heterocycles. The summed E-state index contributed by atoms with van der Waals surface area (Å²) >= 11 is 0. The molecule has 0 atom stereocenters. The van der Waals surface area contributed by atoms with Gasteiger partial charge in [0, 0.05) is 5.69 Å². The molecular weight excluding hydrogens is 214 g/mol. The molecule has 2 N–H and O–H groups in total. The summed E-state index contributed by atoms with van der Waals surface area (Å²) in [7, 11) is 0. The van der Waals surface area contributed by atoms with Gasteiger partial charge in [0.1, 0.15) is 0 Å². The van der Waals surface area contributed by atoms with Gasteiger partial charge >= 0.3 is 6.03 Å². The largest absolute Gasteiger partial charge is 0.399 e. The molecule has 4 nitrogen and oxygen atoms in total. The first-order chi connectivity index (χ1) is 8.25. The second-order valence-electron chi connectivity index (χ2n) is 3.41. The highest BCUT2D eigenvalue weighted by atomic mass is 16.2. The summed E-state index contributed by atoms with van der Waals surface area (Å²) in [6.45, 7) is 0. The van der Waals surface area contributed by atoms with E-state index in [4.69, 9.17) is 5.73 Å². The van der Waals surface area contributed by atoms with Crippen LogP contribution in [0.5, 0.6) is 0 Å². The van der Waals surface area contributed by atoms with Crippen molar-refractivity contribution in [2.45, 2.75) is 0 Å². The smallest absolute Gasteiger partial charge is 0.368 e. The molecule has 4 heteroatoms. The fourth-order valence-corrected chi connectivity index (χ4v) is 1.34. The first kappa shape index (κ1) is 11.0. The highest BCUT2D eigenvalue weighted by Crippen LogP contribution is 1.95. The van der Waals surface area contributed by atoms with Crippen molar-refractivity contribution in [3.63, 3.8) is 0 Å². The van der Waals surface area contributed by atoms with Gasteiger partial charge in [0.25, 0.3) is 0 Å². The van der Waals surface area contributed by atoms with Crippen LogP contribution in [-0.4, -0.2) is 6.03 Å². The molecule has 1 heterocycles. The van der Waals surface area contributed by atoms with Gasteiger partial charge < -0.3 is 5.73 Å². The van der Waals surface area contributed by atoms with E-state index >= 15 is 0 Å². The lowest BCUT2D eigenvalue weighted by molar-refractivity contribution is 0.256. The molecule has 17 heavy (non-hydrogen) atoms. The molecule has 0 radical (unpaired) electrons. The number of nitrogens with zero attached hydrogens (tertiary/aromatic N) is 2. The Labute approximate surface area is 98.1 Å². The van der Waals surface area contributed by atoms with Gasteiger partial charge in [0.15, 0.2) is 0 Å². The second kappa shape index (κ2) is 5.03. The predicted molar refractivity (Wildman–Crippen MR) is 65.0 cm³/mol. The van der Waals surface area contributed by atoms with Crippen LogP contribution in [0.3, 0.4) is 0 Å². The lowest BCUT2D eigenvalue weighted by atomic mass is 10.3. The molecule has 0 aliphatic carbocycles. The van der Waals surface area contributed by atoms with E-state index in [1.54, 1.807) is 12.1 Å². The molecule has 1 aliphatic rings. The van der Waals surface area contributed by atoms with Crippen molar-refractivity contribution in [3.8, 4) is 0 Å². The van der Waals surface area contributed by atoms with Gasteiger partial charge in [-0.15, -0.1) is 0 Å². The number of rotatable bonds is 0. The third-order valence-electron chi connectivity index (χ3n) is 2.11. The van der Waals surface area contributed by atoms with Gasteiger partial charge in [-0.1, -0.05) is 30.3 Å². The van der Waals surface area contributed by atoms with Crippen LogP contribution in [0.4, 0.5) is 10.5 Å². The van der Waals surface area contributed by atoms with E-state index in [0.29, 0.717) is 10.7 Å². The predicted octanol–water partition coefficient (Wildman–Crippen LogP) is 1.33. The number of nitrogen functional groups attached to an aromatic ring is 1. The first-order valence-corrected chi connectivity index (χ1v) is 5.13. The van der Waals surface area contributed by atoms with Crippen LogP contribution >= 0.6 is 0 Å². The number of carbonyl (C=O) groups is 1. The zero-order chi connectivity index (χ0) is 12.1. The lowest BCUT2D eigenvalue weighted by Gasteiger charge is -1.83. The molecule has 84 valence electrons. The van der Waals surface area contributed by atoms with E-state index in [1.807, 2.05) is 42.5 Å². The average Bonchev–Trinajstić information content (AvgIpc) is 2.71. The topological polar surface area (TPSA) is 67.8 Å². The summed E-state index contributed by atoms with van der Waals surface area (Å²) in [5.41, 5.74) is 6.18. The number of hydrogen-bond donors (Lipinski definition) is 1. The highest BCUT2D eigenvalue weighted by Gasteiger charge is 2.01. The van der Waals surface area contributed by atoms with Gasteiger partial charge in [-0.2, -0.15) is 9.98 Å². The maximum absolute atomic E-state index is 10.6. The van der Waals surface area contributed by atoms with Crippen molar-refractivity contribution in [2.24, 2.45) is 9.98 Å². The maximum Gasteiger partial charge on any atom is 0.368 e. The quantitative estimate of drug-likeness (QED) is 0.687. The summed E-state index contributed by atoms with van der Waals surface area (Å²) < 4.78 is 0. The van der Waals surface area contributed by atoms with Crippen molar-refractivity contribution in [1.82, 2.24) is 0 Å². The average molecular weight is 225 g/mol. The Bertz CT molecular complexity index is 598. The van der Waals surface area contributed by atoms with E-state index in [1.165, 1.54) is 0 Å². The summed E-state index contributed by atoms with van der Waals surface area (Å²) in [4.78, 5) is 17.9. The molecule has 3 rings (SSSR count). The van der Waals surface area contributed by atoms with Gasteiger partial charge in [0.05, 0.1) is 10.7 Å². The Morgan fingerprint density at radius 3 is 1.65 bits per heavy atom. The van der Waals surface area contributed by atoms with Gasteiger partial charge in [0.2, 0.25) is 0 Å². The number of carbonyl (C=O) groups excluding carboxylic acids is 1. The Morgan fingerprint density at radius 2 is 1.24 bits per heavy atom. The molecule has 2 aromatic carbocycles. The Hall–Kier alpha value is -2.49. The van der Waals surface area contributed by atoms with Crippen molar-refractivity contribution < 1.29 is 4.79 Å². The zero-order valence-corrected chi connectivity index (χ0v) is 9.08. The summed E-state index contributed by atoms with van der Waals surface area (Å²) in [6, 6.07) is 16.3. The molecule has 2 aromatic rings. The minimum atomic E-state index is -0.402. The molecule has 0 spiro atoms. The van der Waals surface area contributed by atoms with Crippen LogP contribution in [0.2, 0.25) is 0 Å². The molecule has 2 amide bonds. The number of benzene rings is 2. The molecule has 0 bridgehead atoms. The molecule has 0 saturated carbocycles. The standard InChI is InChI=1S/C7H4N2O.C6H7N/c10-7-8-5-3-1-2-4-6(5)9-7;7-6-4-2-1-3-5-6/h1-4H;1-5H,7H2. The molecule has 0 aromatic heterocycles. The van der Waals surface area contributed by atoms with Crippen LogP contribution in [0.25, 0.3) is 0 Å². The van der Waals surface area contributed by atoms with Crippen molar-refractivity contribution in [1.29, 1.82) is 0 Å². The van der Waals surface area contributed by atoms with Gasteiger partial charge in [-0.05, 0) is 24.3 Å². The Kier molecular flexibility index (Phi) is 3.25. The monoisotopic (exact) mass is 225 g/mol. The number of urea groups is 1. The fourth-order valence-electron chi connectivity index (χ4n) is 1.34. The number of anilines is 1. The summed E-state index contributed by atoms with van der Waals surface area (Å²) in [6.07, 6.45) is 0. The van der Waals surface area contributed by atoms with Crippen LogP contribution in [0.15, 0.2) is 64.6 Å². The van der Waals surface area contributed by atoms with Crippen LogP contribution < -0.4 is 16.4 Å².